The van der Waals surface area contributed by atoms with Crippen molar-refractivity contribution in [1.82, 2.24) is 25.1 Å². The maximum absolute atomic E-state index is 13.2. The molecule has 0 radical (unpaired) electrons. The summed E-state index contributed by atoms with van der Waals surface area (Å²) in [5, 5.41) is 13.0. The minimum absolute atomic E-state index is 0.0395. The largest absolute Gasteiger partial charge is 0.502 e. The van der Waals surface area contributed by atoms with Gasteiger partial charge < -0.3 is 30.9 Å². The van der Waals surface area contributed by atoms with Crippen LogP contribution in [0.2, 0.25) is 0 Å². The summed E-state index contributed by atoms with van der Waals surface area (Å²) < 4.78 is 0. The molecule has 1 saturated heterocycles. The predicted molar refractivity (Wildman–Crippen MR) is 142 cm³/mol. The molecule has 0 saturated carbocycles. The number of H-pyrrole nitrogens is 1. The van der Waals surface area contributed by atoms with Crippen LogP contribution >= 0.6 is 0 Å². The SMILES string of the molecule is CC(C)N1C(=O)N(Cc2nc[nH]c(=O)c2O)CC1c1ccc(C#Cc2ccc(CNCC(N)=O)cc2)cc1. The fourth-order valence-electron chi connectivity index (χ4n) is 4.35. The van der Waals surface area contributed by atoms with E-state index in [1.54, 1.807) is 9.80 Å². The van der Waals surface area contributed by atoms with Crippen molar-refractivity contribution in [3.63, 3.8) is 0 Å². The first-order valence-corrected chi connectivity index (χ1v) is 12.3. The summed E-state index contributed by atoms with van der Waals surface area (Å²) in [5.41, 5.74) is 8.36. The van der Waals surface area contributed by atoms with E-state index in [2.05, 4.69) is 27.1 Å². The van der Waals surface area contributed by atoms with Crippen LogP contribution in [0.3, 0.4) is 0 Å². The van der Waals surface area contributed by atoms with E-state index >= 15 is 0 Å². The fraction of sp³-hybridized carbons (Fsp3) is 0.286. The lowest BCUT2D eigenvalue weighted by atomic mass is 10.0. The van der Waals surface area contributed by atoms with E-state index in [4.69, 9.17) is 5.73 Å². The zero-order chi connectivity index (χ0) is 27.2. The van der Waals surface area contributed by atoms with Gasteiger partial charge in [0, 0.05) is 30.3 Å². The van der Waals surface area contributed by atoms with E-state index in [9.17, 15) is 19.5 Å². The molecular formula is C28H30N6O4. The normalized spacial score (nSPS) is 15.0. The highest BCUT2D eigenvalue weighted by atomic mass is 16.3. The molecule has 0 bridgehead atoms. The van der Waals surface area contributed by atoms with Crippen molar-refractivity contribution in [3.05, 3.63) is 93.2 Å². The van der Waals surface area contributed by atoms with Crippen LogP contribution in [0.5, 0.6) is 5.75 Å². The smallest absolute Gasteiger partial charge is 0.321 e. The minimum atomic E-state index is -0.635. The van der Waals surface area contributed by atoms with E-state index in [-0.39, 0.29) is 36.9 Å². The van der Waals surface area contributed by atoms with Gasteiger partial charge in [-0.2, -0.15) is 0 Å². The molecule has 10 heteroatoms. The zero-order valence-electron chi connectivity index (χ0n) is 21.3. The number of urea groups is 1. The van der Waals surface area contributed by atoms with Crippen molar-refractivity contribution in [2.75, 3.05) is 13.1 Å². The van der Waals surface area contributed by atoms with E-state index in [0.717, 1.165) is 22.3 Å². The molecule has 3 aromatic rings. The number of hydrogen-bond acceptors (Lipinski definition) is 6. The van der Waals surface area contributed by atoms with Gasteiger partial charge in [0.05, 0.1) is 25.5 Å². The first-order chi connectivity index (χ1) is 18.2. The third kappa shape index (κ3) is 6.19. The molecule has 5 N–H and O–H groups in total. The van der Waals surface area contributed by atoms with Crippen LogP contribution in [0, 0.1) is 11.8 Å². The molecule has 1 unspecified atom stereocenters. The number of amides is 3. The molecule has 196 valence electrons. The lowest BCUT2D eigenvalue weighted by Crippen LogP contribution is -2.37. The number of nitrogens with one attached hydrogen (secondary N) is 2. The minimum Gasteiger partial charge on any atom is -0.502 e. The predicted octanol–water partition coefficient (Wildman–Crippen LogP) is 1.84. The van der Waals surface area contributed by atoms with Gasteiger partial charge in [0.2, 0.25) is 11.7 Å². The van der Waals surface area contributed by atoms with Gasteiger partial charge in [-0.25, -0.2) is 9.78 Å². The molecule has 1 atom stereocenters. The molecule has 2 aromatic carbocycles. The van der Waals surface area contributed by atoms with Gasteiger partial charge in [-0.15, -0.1) is 0 Å². The quantitative estimate of drug-likeness (QED) is 0.338. The third-order valence-corrected chi connectivity index (χ3v) is 6.25. The first-order valence-electron chi connectivity index (χ1n) is 12.3. The highest BCUT2D eigenvalue weighted by Crippen LogP contribution is 2.33. The molecule has 0 aliphatic carbocycles. The second-order valence-electron chi connectivity index (χ2n) is 9.35. The van der Waals surface area contributed by atoms with Crippen molar-refractivity contribution < 1.29 is 14.7 Å². The van der Waals surface area contributed by atoms with Gasteiger partial charge in [0.15, 0.2) is 0 Å². The third-order valence-electron chi connectivity index (χ3n) is 6.25. The zero-order valence-corrected chi connectivity index (χ0v) is 21.3. The number of nitrogens with two attached hydrogens (primary N) is 1. The van der Waals surface area contributed by atoms with Crippen LogP contribution < -0.4 is 16.6 Å². The van der Waals surface area contributed by atoms with E-state index in [0.29, 0.717) is 13.1 Å². The molecule has 3 amide bonds. The Labute approximate surface area is 220 Å². The lowest BCUT2D eigenvalue weighted by molar-refractivity contribution is -0.117. The summed E-state index contributed by atoms with van der Waals surface area (Å²) in [5.74, 6) is 5.45. The fourth-order valence-corrected chi connectivity index (χ4v) is 4.35. The van der Waals surface area contributed by atoms with Crippen LogP contribution in [0.1, 0.15) is 47.8 Å². The Morgan fingerprint density at radius 3 is 2.37 bits per heavy atom. The second kappa shape index (κ2) is 11.6. The van der Waals surface area contributed by atoms with Gasteiger partial charge in [0.25, 0.3) is 5.56 Å². The Morgan fingerprint density at radius 2 is 1.76 bits per heavy atom. The number of rotatable bonds is 8. The topological polar surface area (TPSA) is 145 Å². The number of carbonyl (C=O) groups excluding carboxylic acids is 2. The van der Waals surface area contributed by atoms with Crippen LogP contribution in [0.25, 0.3) is 0 Å². The number of primary amides is 1. The number of hydrogen-bond donors (Lipinski definition) is 4. The van der Waals surface area contributed by atoms with Crippen LogP contribution in [0.4, 0.5) is 4.79 Å². The average molecular weight is 515 g/mol. The maximum Gasteiger partial charge on any atom is 0.321 e. The van der Waals surface area contributed by atoms with Gasteiger partial charge in [-0.1, -0.05) is 36.1 Å². The van der Waals surface area contributed by atoms with E-state index in [1.165, 1.54) is 6.33 Å². The Kier molecular flexibility index (Phi) is 8.09. The van der Waals surface area contributed by atoms with Crippen molar-refractivity contribution in [2.45, 2.75) is 39.0 Å². The van der Waals surface area contributed by atoms with Gasteiger partial charge in [-0.3, -0.25) is 9.59 Å². The number of nitrogens with zero attached hydrogens (tertiary/aromatic N) is 3. The Hall–Kier alpha value is -4.62. The molecule has 38 heavy (non-hydrogen) atoms. The number of benzene rings is 2. The second-order valence-corrected chi connectivity index (χ2v) is 9.35. The van der Waals surface area contributed by atoms with E-state index in [1.807, 2.05) is 62.4 Å². The van der Waals surface area contributed by atoms with Gasteiger partial charge >= 0.3 is 6.03 Å². The number of aromatic amines is 1. The molecule has 1 aromatic heterocycles. The summed E-state index contributed by atoms with van der Waals surface area (Å²) in [6.07, 6.45) is 1.22. The number of aromatic nitrogens is 2. The van der Waals surface area contributed by atoms with Crippen molar-refractivity contribution >= 4 is 11.9 Å². The molecule has 2 heterocycles. The summed E-state index contributed by atoms with van der Waals surface area (Å²) in [7, 11) is 0. The monoisotopic (exact) mass is 514 g/mol. The van der Waals surface area contributed by atoms with Crippen LogP contribution in [-0.4, -0.2) is 55.9 Å². The molecule has 4 rings (SSSR count). The van der Waals surface area contributed by atoms with Crippen molar-refractivity contribution in [1.29, 1.82) is 0 Å². The molecule has 10 nitrogen and oxygen atoms in total. The standard InChI is InChI=1S/C28H30N6O4/c1-18(2)34-24(16-33(28(34)38)15-23-26(36)27(37)32-17-31-23)22-11-9-20(10-12-22)4-3-19-5-7-21(8-6-19)13-30-14-25(29)35/h5-12,17-18,24,30,36H,13-16H2,1-2H3,(H2,29,35)(H,31,32,37). The average Bonchev–Trinajstić information content (AvgIpc) is 3.22. The van der Waals surface area contributed by atoms with Crippen LogP contribution in [-0.2, 0) is 17.9 Å². The van der Waals surface area contributed by atoms with E-state index < -0.39 is 17.2 Å². The highest BCUT2D eigenvalue weighted by molar-refractivity contribution is 5.78. The summed E-state index contributed by atoms with van der Waals surface area (Å²) >= 11 is 0. The molecule has 1 aliphatic heterocycles. The Morgan fingerprint density at radius 1 is 1.13 bits per heavy atom. The molecular weight excluding hydrogens is 484 g/mol. The van der Waals surface area contributed by atoms with Gasteiger partial charge in [0.1, 0.15) is 5.69 Å². The molecule has 0 spiro atoms. The summed E-state index contributed by atoms with van der Waals surface area (Å²) in [4.78, 5) is 45.5. The number of aromatic hydroxyl groups is 1. The Balaban J connectivity index is 1.44. The summed E-state index contributed by atoms with van der Waals surface area (Å²) in [6, 6.07) is 15.1. The van der Waals surface area contributed by atoms with Gasteiger partial charge in [-0.05, 0) is 49.2 Å². The Bertz CT molecular complexity index is 1420. The lowest BCUT2D eigenvalue weighted by Gasteiger charge is -2.27. The molecule has 1 aliphatic rings. The maximum atomic E-state index is 13.2. The van der Waals surface area contributed by atoms with Crippen LogP contribution in [0.15, 0.2) is 59.7 Å². The first kappa shape index (κ1) is 26.4. The molecule has 1 fully saturated rings. The van der Waals surface area contributed by atoms with Crippen molar-refractivity contribution in [2.24, 2.45) is 5.73 Å². The summed E-state index contributed by atoms with van der Waals surface area (Å²) in [6.45, 7) is 5.03. The number of carbonyl (C=O) groups is 2. The van der Waals surface area contributed by atoms with Crippen molar-refractivity contribution in [3.8, 4) is 17.6 Å². The highest BCUT2D eigenvalue weighted by Gasteiger charge is 2.39.